The quantitative estimate of drug-likeness (QED) is 0.266. The number of halogens is 4. The van der Waals surface area contributed by atoms with Gasteiger partial charge in [-0.1, -0.05) is 22.0 Å². The number of hydrogen-bond acceptors (Lipinski definition) is 4. The molecule has 0 fully saturated rings. The Kier molecular flexibility index (Phi) is 4.97. The van der Waals surface area contributed by atoms with Crippen LogP contribution in [0.15, 0.2) is 23.1 Å². The van der Waals surface area contributed by atoms with Gasteiger partial charge in [-0.2, -0.15) is 13.2 Å². The van der Waals surface area contributed by atoms with Crippen LogP contribution in [0.4, 0.5) is 18.9 Å². The van der Waals surface area contributed by atoms with Gasteiger partial charge in [0.2, 0.25) is 0 Å². The molecule has 1 aromatic carbocycles. The highest BCUT2D eigenvalue weighted by Gasteiger charge is 2.35. The number of ketones is 1. The van der Waals surface area contributed by atoms with E-state index in [-0.39, 0.29) is 5.56 Å². The summed E-state index contributed by atoms with van der Waals surface area (Å²) in [7, 11) is 0. The minimum Gasteiger partial charge on any atom is -0.293 e. The molecule has 0 aromatic heterocycles. The average molecular weight is 358 g/mol. The molecule has 1 aromatic rings. The summed E-state index contributed by atoms with van der Waals surface area (Å²) in [6, 6.07) is 3.29. The molecule has 9 heteroatoms. The molecule has 1 atom stereocenters. The second-order valence-corrected chi connectivity index (χ2v) is 5.92. The maximum atomic E-state index is 12.3. The van der Waals surface area contributed by atoms with E-state index in [1.54, 1.807) is 0 Å². The zero-order valence-corrected chi connectivity index (χ0v) is 11.8. The van der Waals surface area contributed by atoms with Crippen LogP contribution in [0, 0.1) is 10.1 Å². The molecule has 1 unspecified atom stereocenters. The number of benzene rings is 1. The number of Topliss-reactive ketones (excluding diaryl/α,β-unsaturated/α-hetero) is 1. The molecule has 0 heterocycles. The molecule has 19 heavy (non-hydrogen) atoms. The summed E-state index contributed by atoms with van der Waals surface area (Å²) in [6.07, 6.45) is 0. The van der Waals surface area contributed by atoms with Gasteiger partial charge in [-0.3, -0.25) is 14.9 Å². The van der Waals surface area contributed by atoms with Crippen molar-refractivity contribution in [2.24, 2.45) is 0 Å². The van der Waals surface area contributed by atoms with Crippen LogP contribution in [0.5, 0.6) is 0 Å². The Balaban J connectivity index is 3.38. The molecular weight excluding hydrogens is 351 g/mol. The van der Waals surface area contributed by atoms with E-state index in [4.69, 9.17) is 0 Å². The van der Waals surface area contributed by atoms with E-state index in [9.17, 15) is 28.1 Å². The summed E-state index contributed by atoms with van der Waals surface area (Å²) in [6.45, 7) is 1.44. The van der Waals surface area contributed by atoms with Gasteiger partial charge in [0.15, 0.2) is 5.78 Å². The lowest BCUT2D eigenvalue weighted by Crippen LogP contribution is -2.13. The molecule has 0 N–H and O–H groups in total. The fourth-order valence-electron chi connectivity index (χ4n) is 1.33. The Morgan fingerprint density at radius 3 is 2.47 bits per heavy atom. The fourth-order valence-corrected chi connectivity index (χ4v) is 2.25. The van der Waals surface area contributed by atoms with Crippen molar-refractivity contribution >= 4 is 39.2 Å². The predicted molar refractivity (Wildman–Crippen MR) is 67.7 cm³/mol. The maximum Gasteiger partial charge on any atom is 0.446 e. The van der Waals surface area contributed by atoms with Gasteiger partial charge in [-0.15, -0.1) is 0 Å². The van der Waals surface area contributed by atoms with E-state index >= 15 is 0 Å². The number of thioether (sulfide) groups is 1. The Labute approximate surface area is 118 Å². The van der Waals surface area contributed by atoms with Crippen LogP contribution in [-0.2, 0) is 0 Å². The van der Waals surface area contributed by atoms with Crippen LogP contribution in [0.25, 0.3) is 0 Å². The summed E-state index contributed by atoms with van der Waals surface area (Å²) in [5, 5.41) is 10.9. The van der Waals surface area contributed by atoms with Gasteiger partial charge in [-0.05, 0) is 30.8 Å². The van der Waals surface area contributed by atoms with E-state index in [0.717, 1.165) is 12.1 Å². The number of alkyl halides is 4. The normalized spacial score (nSPS) is 13.1. The largest absolute Gasteiger partial charge is 0.446 e. The lowest BCUT2D eigenvalue weighted by molar-refractivity contribution is -0.388. The van der Waals surface area contributed by atoms with E-state index in [2.05, 4.69) is 15.9 Å². The van der Waals surface area contributed by atoms with E-state index in [1.165, 1.54) is 13.0 Å². The summed E-state index contributed by atoms with van der Waals surface area (Å²) < 4.78 is 37.0. The number of para-hydroxylation sites is 1. The Morgan fingerprint density at radius 1 is 1.47 bits per heavy atom. The molecule has 0 spiro atoms. The SMILES string of the molecule is CC(Br)C(=O)c1cccc(SC(F)(F)F)c1[N+](=O)[O-]. The first-order valence-corrected chi connectivity index (χ1v) is 6.58. The number of nitro benzene ring substituents is 1. The van der Waals surface area contributed by atoms with Crippen LogP contribution in [0.2, 0.25) is 0 Å². The third kappa shape index (κ3) is 4.20. The standard InChI is InChI=1S/C10H7BrF3NO3S/c1-5(11)9(16)6-3-2-4-7(8(6)15(17)18)19-10(12,13)14/h2-5H,1H3. The second kappa shape index (κ2) is 5.91. The van der Waals surface area contributed by atoms with Crippen LogP contribution in [0.3, 0.4) is 0 Å². The van der Waals surface area contributed by atoms with Crippen LogP contribution < -0.4 is 0 Å². The van der Waals surface area contributed by atoms with Crippen molar-refractivity contribution in [3.63, 3.8) is 0 Å². The minimum atomic E-state index is -4.66. The molecule has 0 radical (unpaired) electrons. The van der Waals surface area contributed by atoms with Crippen molar-refractivity contribution in [2.45, 2.75) is 22.2 Å². The smallest absolute Gasteiger partial charge is 0.293 e. The molecule has 0 aliphatic heterocycles. The van der Waals surface area contributed by atoms with E-state index in [1.807, 2.05) is 0 Å². The van der Waals surface area contributed by atoms with Gasteiger partial charge in [0.1, 0.15) is 0 Å². The molecule has 0 saturated carbocycles. The lowest BCUT2D eigenvalue weighted by Gasteiger charge is -2.09. The van der Waals surface area contributed by atoms with Crippen molar-refractivity contribution < 1.29 is 22.9 Å². The highest BCUT2D eigenvalue weighted by molar-refractivity contribution is 9.10. The monoisotopic (exact) mass is 357 g/mol. The first-order chi connectivity index (χ1) is 8.63. The van der Waals surface area contributed by atoms with Gasteiger partial charge in [-0.25, -0.2) is 0 Å². The molecule has 4 nitrogen and oxygen atoms in total. The molecule has 104 valence electrons. The molecular formula is C10H7BrF3NO3S. The second-order valence-electron chi connectivity index (χ2n) is 3.44. The molecule has 0 aliphatic rings. The average Bonchev–Trinajstić information content (AvgIpc) is 2.24. The van der Waals surface area contributed by atoms with Gasteiger partial charge in [0, 0.05) is 0 Å². The lowest BCUT2D eigenvalue weighted by atomic mass is 10.1. The van der Waals surface area contributed by atoms with Crippen LogP contribution in [0.1, 0.15) is 17.3 Å². The third-order valence-corrected chi connectivity index (χ3v) is 3.23. The van der Waals surface area contributed by atoms with Gasteiger partial charge >= 0.3 is 5.51 Å². The van der Waals surface area contributed by atoms with Gasteiger partial charge in [0.05, 0.1) is 20.2 Å². The predicted octanol–water partition coefficient (Wildman–Crippen LogP) is 4.17. The first-order valence-electron chi connectivity index (χ1n) is 4.85. The number of rotatable bonds is 4. The summed E-state index contributed by atoms with van der Waals surface area (Å²) in [5.74, 6) is -0.642. The maximum absolute atomic E-state index is 12.3. The summed E-state index contributed by atoms with van der Waals surface area (Å²) in [5.41, 5.74) is -5.82. The van der Waals surface area contributed by atoms with Crippen molar-refractivity contribution in [2.75, 3.05) is 0 Å². The third-order valence-electron chi connectivity index (χ3n) is 2.03. The molecule has 0 saturated heterocycles. The zero-order chi connectivity index (χ0) is 14.8. The minimum absolute atomic E-state index is 0.344. The number of carbonyl (C=O) groups excluding carboxylic acids is 1. The van der Waals surface area contributed by atoms with Crippen molar-refractivity contribution in [1.82, 2.24) is 0 Å². The van der Waals surface area contributed by atoms with Gasteiger partial charge in [0.25, 0.3) is 5.69 Å². The Morgan fingerprint density at radius 2 is 2.05 bits per heavy atom. The Hall–Kier alpha value is -1.09. The van der Waals surface area contributed by atoms with E-state index in [0.29, 0.717) is 0 Å². The molecule has 0 aliphatic carbocycles. The van der Waals surface area contributed by atoms with Crippen LogP contribution in [-0.4, -0.2) is 21.0 Å². The highest BCUT2D eigenvalue weighted by Crippen LogP contribution is 2.42. The molecule has 0 bridgehead atoms. The fraction of sp³-hybridized carbons (Fsp3) is 0.300. The van der Waals surface area contributed by atoms with Crippen molar-refractivity contribution in [3.05, 3.63) is 33.9 Å². The topological polar surface area (TPSA) is 60.2 Å². The summed E-state index contributed by atoms with van der Waals surface area (Å²) >= 11 is 2.33. The van der Waals surface area contributed by atoms with Crippen molar-refractivity contribution in [3.8, 4) is 0 Å². The Bertz CT molecular complexity index is 519. The molecule has 0 amide bonds. The number of nitrogens with zero attached hydrogens (tertiary/aromatic N) is 1. The molecule has 1 rings (SSSR count). The zero-order valence-electron chi connectivity index (χ0n) is 9.40. The number of carbonyl (C=O) groups is 1. The van der Waals surface area contributed by atoms with Crippen LogP contribution >= 0.6 is 27.7 Å². The van der Waals surface area contributed by atoms with E-state index < -0.39 is 43.4 Å². The summed E-state index contributed by atoms with van der Waals surface area (Å²) in [4.78, 5) is 20.4. The number of hydrogen-bond donors (Lipinski definition) is 0. The van der Waals surface area contributed by atoms with Gasteiger partial charge < -0.3 is 0 Å². The highest BCUT2D eigenvalue weighted by atomic mass is 79.9. The van der Waals surface area contributed by atoms with Crippen molar-refractivity contribution in [1.29, 1.82) is 0 Å². The first kappa shape index (κ1) is 16.0. The number of nitro groups is 1.